The molecular formula is C52H67N10O9PSSi. The monoisotopic (exact) mass is 1070 g/mol. The summed E-state index contributed by atoms with van der Waals surface area (Å²) in [6.07, 6.45) is 2.01. The minimum Gasteiger partial charge on any atom is -0.497 e. The molecule has 0 saturated carbocycles. The van der Waals surface area contributed by atoms with Crippen LogP contribution in [0.1, 0.15) is 76.6 Å². The van der Waals surface area contributed by atoms with Crippen LogP contribution in [-0.4, -0.2) is 112 Å². The molecule has 19 nitrogen and oxygen atoms in total. The largest absolute Gasteiger partial charge is 0.497 e. The fourth-order valence-electron chi connectivity index (χ4n) is 9.20. The minimum absolute atomic E-state index is 0.0491. The average Bonchev–Trinajstić information content (AvgIpc) is 4.19. The molecule has 7 aromatic rings. The molecule has 3 aromatic carbocycles. The van der Waals surface area contributed by atoms with Gasteiger partial charge in [-0.3, -0.25) is 18.9 Å². The lowest BCUT2D eigenvalue weighted by Gasteiger charge is -2.39. The molecule has 0 aliphatic carbocycles. The average molecular weight is 1070 g/mol. The van der Waals surface area contributed by atoms with Gasteiger partial charge < -0.3 is 48.2 Å². The zero-order chi connectivity index (χ0) is 52.6. The van der Waals surface area contributed by atoms with Crippen molar-refractivity contribution in [3.05, 3.63) is 125 Å². The van der Waals surface area contributed by atoms with Crippen LogP contribution in [0.4, 0.5) is 11.8 Å². The van der Waals surface area contributed by atoms with Gasteiger partial charge >= 0.3 is 0 Å². The summed E-state index contributed by atoms with van der Waals surface area (Å²) in [4.78, 5) is 38.5. The van der Waals surface area contributed by atoms with Crippen molar-refractivity contribution in [1.82, 2.24) is 39.0 Å². The number of aromatic nitrogens is 8. The molecular weight excluding hydrogens is 1000 g/mol. The predicted molar refractivity (Wildman–Crippen MR) is 290 cm³/mol. The second-order valence-corrected chi connectivity index (χ2v) is 29.5. The topological polar surface area (TPSA) is 219 Å². The number of hydrogen-bond acceptors (Lipinski definition) is 17. The van der Waals surface area contributed by atoms with E-state index in [4.69, 9.17) is 59.7 Å². The van der Waals surface area contributed by atoms with Crippen LogP contribution in [0.15, 0.2) is 103 Å². The highest BCUT2D eigenvalue weighted by atomic mass is 32.5. The summed E-state index contributed by atoms with van der Waals surface area (Å²) in [6.45, 7) is 14.6. The molecule has 74 heavy (non-hydrogen) atoms. The van der Waals surface area contributed by atoms with Gasteiger partial charge in [-0.2, -0.15) is 4.98 Å². The number of H-pyrrole nitrogens is 1. The second-order valence-electron chi connectivity index (χ2n) is 20.8. The van der Waals surface area contributed by atoms with Crippen LogP contribution in [0.5, 0.6) is 11.5 Å². The molecule has 9 rings (SSSR count). The van der Waals surface area contributed by atoms with Gasteiger partial charge in [0.1, 0.15) is 53.6 Å². The lowest BCUT2D eigenvalue weighted by atomic mass is 9.80. The maximum Gasteiger partial charge on any atom is 0.280 e. The first-order chi connectivity index (χ1) is 35.3. The maximum absolute atomic E-state index is 13.2. The van der Waals surface area contributed by atoms with E-state index in [0.29, 0.717) is 59.6 Å². The molecule has 2 aliphatic rings. The van der Waals surface area contributed by atoms with Gasteiger partial charge in [0.2, 0.25) is 5.95 Å². The van der Waals surface area contributed by atoms with Crippen molar-refractivity contribution in [3.8, 4) is 11.5 Å². The van der Waals surface area contributed by atoms with E-state index in [9.17, 15) is 4.79 Å². The summed E-state index contributed by atoms with van der Waals surface area (Å²) < 4.78 is 56.9. The maximum atomic E-state index is 13.2. The Morgan fingerprint density at radius 2 is 1.38 bits per heavy atom. The Bertz CT molecular complexity index is 3110. The molecule has 4 N–H and O–H groups in total. The Hall–Kier alpha value is -5.61. The van der Waals surface area contributed by atoms with Crippen LogP contribution in [-0.2, 0) is 45.1 Å². The van der Waals surface area contributed by atoms with E-state index < -0.39 is 51.2 Å². The Balaban J connectivity index is 1.02. The minimum atomic E-state index is -3.12. The highest BCUT2D eigenvalue weighted by Gasteiger charge is 2.48. The molecule has 0 radical (unpaired) electrons. The Labute approximate surface area is 437 Å². The van der Waals surface area contributed by atoms with Gasteiger partial charge in [0.05, 0.1) is 52.3 Å². The Kier molecular flexibility index (Phi) is 15.5. The van der Waals surface area contributed by atoms with Gasteiger partial charge in [-0.15, -0.1) is 0 Å². The molecule has 4 aromatic heterocycles. The molecule has 22 heteroatoms. The molecule has 0 spiro atoms. The van der Waals surface area contributed by atoms with Crippen LogP contribution in [0.25, 0.3) is 22.3 Å². The van der Waals surface area contributed by atoms with Gasteiger partial charge in [-0.1, -0.05) is 89.2 Å². The summed E-state index contributed by atoms with van der Waals surface area (Å²) in [7, 11) is 0.927. The van der Waals surface area contributed by atoms with Crippen molar-refractivity contribution in [1.29, 1.82) is 0 Å². The van der Waals surface area contributed by atoms with E-state index >= 15 is 0 Å². The van der Waals surface area contributed by atoms with E-state index in [1.54, 1.807) is 31.4 Å². The number of nitrogens with zero attached hydrogens (tertiary/aromatic N) is 7. The van der Waals surface area contributed by atoms with Gasteiger partial charge in [0.15, 0.2) is 37.4 Å². The normalized spacial score (nSPS) is 21.4. The van der Waals surface area contributed by atoms with Crippen molar-refractivity contribution in [3.63, 3.8) is 0 Å². The molecule has 2 fully saturated rings. The number of nitrogens with two attached hydrogens (primary N) is 1. The first kappa shape index (κ1) is 53.2. The summed E-state index contributed by atoms with van der Waals surface area (Å²) in [5.41, 5.74) is 8.95. The van der Waals surface area contributed by atoms with Crippen molar-refractivity contribution in [2.75, 3.05) is 51.7 Å². The number of hydrogen-bond donors (Lipinski definition) is 3. The van der Waals surface area contributed by atoms with Crippen molar-refractivity contribution < 1.29 is 37.2 Å². The number of imidazole rings is 2. The first-order valence-electron chi connectivity index (χ1n) is 24.8. The quantitative estimate of drug-likeness (QED) is 0.0368. The summed E-state index contributed by atoms with van der Waals surface area (Å²) in [6, 6.07) is 25.8. The summed E-state index contributed by atoms with van der Waals surface area (Å²) in [5.74, 6) is 2.36. The number of benzene rings is 3. The number of methoxy groups -OCH3 is 2. The van der Waals surface area contributed by atoms with E-state index in [1.807, 2.05) is 90.1 Å². The molecule has 0 amide bonds. The van der Waals surface area contributed by atoms with Crippen molar-refractivity contribution in [2.45, 2.75) is 108 Å². The van der Waals surface area contributed by atoms with E-state index in [-0.39, 0.29) is 41.2 Å². The predicted octanol–water partition coefficient (Wildman–Crippen LogP) is 8.94. The second kappa shape index (κ2) is 21.6. The molecule has 1 unspecified atom stereocenters. The highest BCUT2D eigenvalue weighted by molar-refractivity contribution is 8.09. The standard InChI is InChI=1S/C52H67N10O9PSSi/c1-32(2)26-54-50-59-48-45(49(63)60-50)58-31-62(48)43-25-39(71-74(9,10)51(3,4)5)41(69-43)28-67-72(8,73)70-38-24-42(61-30-57-44-46(53)55-29-56-47(44)61)68-40(38)27-66-52(33-14-12-11-13-15-33,34-16-20-36(64-6)21-17-34)35-18-22-37(65-7)23-19-35/h11-23,29-32,38-43H,24-28H2,1-10H3,(H2,53,55,56)(H2,54,59,60,63)/t38-,39-,40+,41+,42+,43+,72?/m0/s1. The number of nitrogens with one attached hydrogen (secondary N) is 2. The number of fused-ring (bicyclic) bond motifs is 2. The highest BCUT2D eigenvalue weighted by Crippen LogP contribution is 2.52. The fourth-order valence-corrected chi connectivity index (χ4v) is 12.3. The summed E-state index contributed by atoms with van der Waals surface area (Å²) >= 11 is 6.32. The van der Waals surface area contributed by atoms with Crippen LogP contribution < -0.4 is 26.1 Å². The van der Waals surface area contributed by atoms with Gasteiger partial charge in [-0.05, 0) is 76.8 Å². The third-order valence-corrected chi connectivity index (χ3v) is 20.5. The van der Waals surface area contributed by atoms with Gasteiger partial charge in [0.25, 0.3) is 5.56 Å². The SMILES string of the molecule is COc1ccc(C(OC[C@H]2O[C@@H](n3cnc4c(N)ncnc43)C[C@@H]2OP(C)(=S)OC[C@H]2O[C@@H](n3cnc4c(=O)[nH]c(NCC(C)C)nc43)C[C@@H]2O[Si](C)(C)C(C)(C)C)(c2ccccc2)c2ccc(OC)cc2)cc1. The zero-order valence-corrected chi connectivity index (χ0v) is 46.3. The number of nitrogen functional groups attached to an aromatic ring is 1. The number of ether oxygens (including phenoxy) is 5. The number of rotatable bonds is 20. The Morgan fingerprint density at radius 1 is 0.811 bits per heavy atom. The molecule has 394 valence electrons. The van der Waals surface area contributed by atoms with Gasteiger partial charge in [0, 0.05) is 26.1 Å². The van der Waals surface area contributed by atoms with E-state index in [0.717, 1.165) is 16.7 Å². The van der Waals surface area contributed by atoms with Crippen molar-refractivity contribution >= 4 is 60.7 Å². The number of aromatic amines is 1. The van der Waals surface area contributed by atoms with Crippen LogP contribution in [0.2, 0.25) is 18.1 Å². The molecule has 2 saturated heterocycles. The summed E-state index contributed by atoms with van der Waals surface area (Å²) in [5, 5.41) is 3.14. The van der Waals surface area contributed by atoms with Crippen LogP contribution in [0.3, 0.4) is 0 Å². The third-order valence-electron chi connectivity index (χ3n) is 14.2. The van der Waals surface area contributed by atoms with E-state index in [1.165, 1.54) is 6.33 Å². The third kappa shape index (κ3) is 11.0. The first-order valence-corrected chi connectivity index (χ1v) is 30.8. The lowest BCUT2D eigenvalue weighted by Crippen LogP contribution is -2.46. The zero-order valence-electron chi connectivity index (χ0n) is 43.6. The molecule has 2 aliphatic heterocycles. The Morgan fingerprint density at radius 3 is 1.97 bits per heavy atom. The fraction of sp³-hybridized carbons (Fsp3) is 0.462. The van der Waals surface area contributed by atoms with Crippen LogP contribution in [0, 0.1) is 5.92 Å². The van der Waals surface area contributed by atoms with Gasteiger partial charge in [-0.25, -0.2) is 19.9 Å². The van der Waals surface area contributed by atoms with Crippen molar-refractivity contribution in [2.24, 2.45) is 5.92 Å². The van der Waals surface area contributed by atoms with E-state index in [2.05, 4.69) is 77.9 Å². The van der Waals surface area contributed by atoms with Crippen LogP contribution >= 0.6 is 6.49 Å². The smallest absolute Gasteiger partial charge is 0.280 e. The lowest BCUT2D eigenvalue weighted by molar-refractivity contribution is -0.0908. The molecule has 0 bridgehead atoms. The molecule has 7 atom stereocenters. The molecule has 6 heterocycles. The number of anilines is 2.